The molecule has 0 aliphatic heterocycles. The number of carbonyl (C=O) groups excluding carboxylic acids is 2. The molecule has 0 aliphatic carbocycles. The fourth-order valence-electron chi connectivity index (χ4n) is 3.05. The Morgan fingerprint density at radius 1 is 1.19 bits per heavy atom. The van der Waals surface area contributed by atoms with Crippen molar-refractivity contribution in [1.82, 2.24) is 10.2 Å². The molecule has 0 radical (unpaired) electrons. The number of halogens is 2. The van der Waals surface area contributed by atoms with Gasteiger partial charge in [-0.25, -0.2) is 12.8 Å². The van der Waals surface area contributed by atoms with Crippen LogP contribution in [-0.2, 0) is 26.2 Å². The zero-order valence-corrected chi connectivity index (χ0v) is 19.3. The first-order valence-electron chi connectivity index (χ1n) is 9.43. The van der Waals surface area contributed by atoms with Crippen molar-refractivity contribution in [1.29, 1.82) is 0 Å². The molecule has 10 heteroatoms. The van der Waals surface area contributed by atoms with Crippen LogP contribution in [0.4, 0.5) is 10.1 Å². The molecule has 2 rings (SSSR count). The largest absolute Gasteiger partial charge is 0.357 e. The first kappa shape index (κ1) is 24.6. The molecule has 2 aromatic rings. The Labute approximate surface area is 186 Å². The van der Waals surface area contributed by atoms with Crippen LogP contribution < -0.4 is 9.62 Å². The van der Waals surface area contributed by atoms with Crippen molar-refractivity contribution in [2.75, 3.05) is 24.2 Å². The summed E-state index contributed by atoms with van der Waals surface area (Å²) in [6.07, 6.45) is 0.935. The lowest BCUT2D eigenvalue weighted by Crippen LogP contribution is -2.50. The monoisotopic (exact) mass is 469 g/mol. The number of rotatable bonds is 8. The van der Waals surface area contributed by atoms with Gasteiger partial charge in [-0.15, -0.1) is 0 Å². The van der Waals surface area contributed by atoms with Crippen LogP contribution in [0.5, 0.6) is 0 Å². The molecule has 0 spiro atoms. The number of hydrogen-bond donors (Lipinski definition) is 1. The number of anilines is 1. The van der Waals surface area contributed by atoms with Gasteiger partial charge in [0.05, 0.1) is 17.0 Å². The highest BCUT2D eigenvalue weighted by molar-refractivity contribution is 7.92. The molecular weight excluding hydrogens is 445 g/mol. The fraction of sp³-hybridized carbons (Fsp3) is 0.333. The molecular formula is C21H25ClFN3O4S. The minimum atomic E-state index is -3.90. The van der Waals surface area contributed by atoms with E-state index < -0.39 is 40.2 Å². The first-order chi connectivity index (χ1) is 14.4. The lowest BCUT2D eigenvalue weighted by molar-refractivity contribution is -0.139. The average molecular weight is 470 g/mol. The van der Waals surface area contributed by atoms with E-state index >= 15 is 0 Å². The van der Waals surface area contributed by atoms with Crippen LogP contribution in [0.15, 0.2) is 42.5 Å². The molecule has 0 saturated carbocycles. The zero-order valence-electron chi connectivity index (χ0n) is 17.7. The number of benzene rings is 2. The summed E-state index contributed by atoms with van der Waals surface area (Å²) in [7, 11) is -2.45. The van der Waals surface area contributed by atoms with Crippen LogP contribution in [0, 0.1) is 12.7 Å². The van der Waals surface area contributed by atoms with Gasteiger partial charge in [-0.1, -0.05) is 41.4 Å². The smallest absolute Gasteiger partial charge is 0.244 e. The van der Waals surface area contributed by atoms with Crippen LogP contribution in [0.25, 0.3) is 0 Å². The zero-order chi connectivity index (χ0) is 23.3. The van der Waals surface area contributed by atoms with Crippen LogP contribution >= 0.6 is 11.6 Å². The van der Waals surface area contributed by atoms with Crippen LogP contribution in [0.2, 0.25) is 5.02 Å². The summed E-state index contributed by atoms with van der Waals surface area (Å²) >= 11 is 5.80. The number of sulfonamides is 1. The van der Waals surface area contributed by atoms with E-state index in [9.17, 15) is 22.4 Å². The second kappa shape index (κ2) is 10.1. The van der Waals surface area contributed by atoms with E-state index in [0.717, 1.165) is 33.8 Å². The van der Waals surface area contributed by atoms with E-state index in [1.54, 1.807) is 6.92 Å². The van der Waals surface area contributed by atoms with Crippen molar-refractivity contribution in [2.24, 2.45) is 0 Å². The van der Waals surface area contributed by atoms with Crippen LogP contribution in [0.3, 0.4) is 0 Å². The van der Waals surface area contributed by atoms with Gasteiger partial charge in [0.15, 0.2) is 0 Å². The summed E-state index contributed by atoms with van der Waals surface area (Å²) in [5.74, 6) is -1.69. The van der Waals surface area contributed by atoms with Crippen LogP contribution in [-0.4, -0.2) is 51.0 Å². The highest BCUT2D eigenvalue weighted by Crippen LogP contribution is 2.25. The van der Waals surface area contributed by atoms with E-state index in [2.05, 4.69) is 5.32 Å². The summed E-state index contributed by atoms with van der Waals surface area (Å²) < 4.78 is 39.1. The molecule has 0 heterocycles. The van der Waals surface area contributed by atoms with Crippen molar-refractivity contribution >= 4 is 39.1 Å². The first-order valence-corrected chi connectivity index (χ1v) is 11.7. The normalized spacial score (nSPS) is 12.2. The Bertz CT molecular complexity index is 1080. The van der Waals surface area contributed by atoms with E-state index in [1.165, 1.54) is 18.0 Å². The molecule has 0 unspecified atom stereocenters. The highest BCUT2D eigenvalue weighted by atomic mass is 35.5. The molecule has 0 saturated heterocycles. The Morgan fingerprint density at radius 3 is 2.42 bits per heavy atom. The second-order valence-electron chi connectivity index (χ2n) is 7.17. The Balaban J connectivity index is 2.40. The molecule has 2 amide bonds. The standard InChI is InChI=1S/C21H25ClFN3O4S/c1-14-6-5-7-16(10-14)12-25(15(2)21(28)24-3)20(27)13-26(31(4,29)30)17-8-9-19(23)18(22)11-17/h5-11,15H,12-13H2,1-4H3,(H,24,28)/t15-/m0/s1. The molecule has 168 valence electrons. The summed E-state index contributed by atoms with van der Waals surface area (Å²) in [5.41, 5.74) is 1.82. The van der Waals surface area contributed by atoms with Crippen molar-refractivity contribution in [2.45, 2.75) is 26.4 Å². The van der Waals surface area contributed by atoms with Crippen molar-refractivity contribution in [3.8, 4) is 0 Å². The lowest BCUT2D eigenvalue weighted by atomic mass is 10.1. The minimum absolute atomic E-state index is 0.0466. The average Bonchev–Trinajstić information content (AvgIpc) is 2.70. The van der Waals surface area contributed by atoms with Crippen molar-refractivity contribution in [3.63, 3.8) is 0 Å². The number of nitrogens with zero attached hydrogens (tertiary/aromatic N) is 2. The molecule has 2 aromatic carbocycles. The SMILES string of the molecule is CNC(=O)[C@H](C)N(Cc1cccc(C)c1)C(=O)CN(c1ccc(F)c(Cl)c1)S(C)(=O)=O. The molecule has 7 nitrogen and oxygen atoms in total. The molecule has 0 fully saturated rings. The van der Waals surface area contributed by atoms with Crippen molar-refractivity contribution < 1.29 is 22.4 Å². The van der Waals surface area contributed by atoms with Gasteiger partial charge < -0.3 is 10.2 Å². The van der Waals surface area contributed by atoms with Crippen LogP contribution in [0.1, 0.15) is 18.1 Å². The fourth-order valence-corrected chi connectivity index (χ4v) is 4.07. The summed E-state index contributed by atoms with van der Waals surface area (Å²) in [6, 6.07) is 9.97. The van der Waals surface area contributed by atoms with E-state index in [4.69, 9.17) is 11.6 Å². The van der Waals surface area contributed by atoms with Gasteiger partial charge in [0.2, 0.25) is 21.8 Å². The third kappa shape index (κ3) is 6.41. The predicted molar refractivity (Wildman–Crippen MR) is 119 cm³/mol. The molecule has 0 aliphatic rings. The quantitative estimate of drug-likeness (QED) is 0.644. The molecule has 0 bridgehead atoms. The van der Waals surface area contributed by atoms with E-state index in [1.807, 2.05) is 31.2 Å². The number of aryl methyl sites for hydroxylation is 1. The van der Waals surface area contributed by atoms with Crippen molar-refractivity contribution in [3.05, 3.63) is 64.4 Å². The maximum Gasteiger partial charge on any atom is 0.244 e. The second-order valence-corrected chi connectivity index (χ2v) is 9.48. The number of carbonyl (C=O) groups is 2. The Morgan fingerprint density at radius 2 is 1.87 bits per heavy atom. The van der Waals surface area contributed by atoms with Gasteiger partial charge in [0, 0.05) is 13.6 Å². The minimum Gasteiger partial charge on any atom is -0.357 e. The maximum atomic E-state index is 13.5. The van der Waals surface area contributed by atoms with Gasteiger partial charge in [-0.05, 0) is 37.6 Å². The molecule has 1 atom stereocenters. The summed E-state index contributed by atoms with van der Waals surface area (Å²) in [6.45, 7) is 3.00. The predicted octanol–water partition coefficient (Wildman–Crippen LogP) is 2.72. The van der Waals surface area contributed by atoms with Gasteiger partial charge >= 0.3 is 0 Å². The van der Waals surface area contributed by atoms with Gasteiger partial charge in [-0.3, -0.25) is 13.9 Å². The molecule has 0 aromatic heterocycles. The molecule has 1 N–H and O–H groups in total. The Kier molecular flexibility index (Phi) is 8.02. The van der Waals surface area contributed by atoms with E-state index in [-0.39, 0.29) is 17.3 Å². The van der Waals surface area contributed by atoms with E-state index in [0.29, 0.717) is 0 Å². The highest BCUT2D eigenvalue weighted by Gasteiger charge is 2.30. The lowest BCUT2D eigenvalue weighted by Gasteiger charge is -2.31. The summed E-state index contributed by atoms with van der Waals surface area (Å²) in [5, 5.41) is 2.23. The van der Waals surface area contributed by atoms with Gasteiger partial charge in [-0.2, -0.15) is 0 Å². The number of likely N-dealkylation sites (N-methyl/N-ethyl adjacent to an activating group) is 1. The van der Waals surface area contributed by atoms with Gasteiger partial charge in [0.25, 0.3) is 0 Å². The third-order valence-corrected chi connectivity index (χ3v) is 6.15. The van der Waals surface area contributed by atoms with Gasteiger partial charge in [0.1, 0.15) is 18.4 Å². The number of hydrogen-bond acceptors (Lipinski definition) is 4. The third-order valence-electron chi connectivity index (χ3n) is 4.72. The summed E-state index contributed by atoms with van der Waals surface area (Å²) in [4.78, 5) is 26.8. The Hall–Kier alpha value is -2.65. The topological polar surface area (TPSA) is 86.8 Å². The number of nitrogens with one attached hydrogen (secondary N) is 1. The maximum absolute atomic E-state index is 13.5. The number of amides is 2. The molecule has 31 heavy (non-hydrogen) atoms.